The molecule has 0 amide bonds. The van der Waals surface area contributed by atoms with Gasteiger partial charge in [0, 0.05) is 0 Å². The Hall–Kier alpha value is -0.970. The van der Waals surface area contributed by atoms with Crippen LogP contribution in [0.3, 0.4) is 0 Å². The molecule has 0 bridgehead atoms. The Labute approximate surface area is 96.4 Å². The van der Waals surface area contributed by atoms with Crippen molar-refractivity contribution in [1.82, 2.24) is 20.2 Å². The number of hydrogen-bond acceptors (Lipinski definition) is 4. The molecule has 0 radical (unpaired) electrons. The molecule has 1 aliphatic rings. The molecule has 0 spiro atoms. The standard InChI is InChI=1S/C11H21N5/c1-4-9-5-6-10(7(9)2)16-11(8(3)12)13-14-15-16/h7-10H,4-6,12H2,1-3H3. The van der Waals surface area contributed by atoms with Crippen LogP contribution in [0.15, 0.2) is 0 Å². The summed E-state index contributed by atoms with van der Waals surface area (Å²) in [5, 5.41) is 11.9. The highest BCUT2D eigenvalue weighted by Gasteiger charge is 2.35. The van der Waals surface area contributed by atoms with E-state index in [-0.39, 0.29) is 6.04 Å². The summed E-state index contributed by atoms with van der Waals surface area (Å²) < 4.78 is 1.95. The molecule has 0 saturated heterocycles. The average Bonchev–Trinajstić information content (AvgIpc) is 2.83. The average molecular weight is 223 g/mol. The van der Waals surface area contributed by atoms with Crippen molar-refractivity contribution >= 4 is 0 Å². The summed E-state index contributed by atoms with van der Waals surface area (Å²) in [6, 6.07) is 0.337. The van der Waals surface area contributed by atoms with Crippen molar-refractivity contribution < 1.29 is 0 Å². The van der Waals surface area contributed by atoms with Gasteiger partial charge < -0.3 is 5.73 Å². The number of tetrazole rings is 1. The number of aromatic nitrogens is 4. The van der Waals surface area contributed by atoms with E-state index in [0.717, 1.165) is 11.7 Å². The molecule has 1 saturated carbocycles. The summed E-state index contributed by atoms with van der Waals surface area (Å²) >= 11 is 0. The van der Waals surface area contributed by atoms with E-state index in [9.17, 15) is 0 Å². The maximum atomic E-state index is 5.88. The van der Waals surface area contributed by atoms with Crippen LogP contribution in [0.5, 0.6) is 0 Å². The predicted octanol–water partition coefficient (Wildman–Crippen LogP) is 1.69. The lowest BCUT2D eigenvalue weighted by Gasteiger charge is -2.21. The van der Waals surface area contributed by atoms with E-state index in [1.54, 1.807) is 0 Å². The van der Waals surface area contributed by atoms with Gasteiger partial charge in [0.1, 0.15) is 0 Å². The van der Waals surface area contributed by atoms with Crippen molar-refractivity contribution in [1.29, 1.82) is 0 Å². The van der Waals surface area contributed by atoms with Gasteiger partial charge in [-0.15, -0.1) is 5.10 Å². The van der Waals surface area contributed by atoms with Gasteiger partial charge in [-0.1, -0.05) is 20.3 Å². The first-order chi connectivity index (χ1) is 7.65. The van der Waals surface area contributed by atoms with Crippen molar-refractivity contribution in [3.05, 3.63) is 5.82 Å². The Bertz CT molecular complexity index is 346. The van der Waals surface area contributed by atoms with Gasteiger partial charge in [-0.2, -0.15) is 0 Å². The number of nitrogens with zero attached hydrogens (tertiary/aromatic N) is 4. The highest BCUT2D eigenvalue weighted by molar-refractivity contribution is 4.94. The summed E-state index contributed by atoms with van der Waals surface area (Å²) in [4.78, 5) is 0. The zero-order valence-corrected chi connectivity index (χ0v) is 10.3. The Morgan fingerprint density at radius 2 is 2.25 bits per heavy atom. The molecule has 16 heavy (non-hydrogen) atoms. The topological polar surface area (TPSA) is 69.6 Å². The van der Waals surface area contributed by atoms with E-state index in [1.165, 1.54) is 19.3 Å². The molecule has 5 nitrogen and oxygen atoms in total. The lowest BCUT2D eigenvalue weighted by molar-refractivity contribution is 0.299. The SMILES string of the molecule is CCC1CCC(n2nnnc2C(C)N)C1C. The maximum Gasteiger partial charge on any atom is 0.167 e. The summed E-state index contributed by atoms with van der Waals surface area (Å²) in [7, 11) is 0. The van der Waals surface area contributed by atoms with Crippen LogP contribution in [-0.2, 0) is 0 Å². The monoisotopic (exact) mass is 223 g/mol. The molecule has 1 heterocycles. The molecule has 2 N–H and O–H groups in total. The fourth-order valence-electron chi connectivity index (χ4n) is 2.88. The van der Waals surface area contributed by atoms with Gasteiger partial charge >= 0.3 is 0 Å². The lowest BCUT2D eigenvalue weighted by atomic mass is 9.93. The second-order valence-electron chi connectivity index (χ2n) is 4.94. The molecule has 0 aromatic carbocycles. The first kappa shape index (κ1) is 11.5. The molecule has 1 aliphatic carbocycles. The second-order valence-corrected chi connectivity index (χ2v) is 4.94. The minimum absolute atomic E-state index is 0.0946. The molecule has 5 heteroatoms. The van der Waals surface area contributed by atoms with E-state index in [0.29, 0.717) is 12.0 Å². The normalized spacial score (nSPS) is 31.9. The zero-order valence-electron chi connectivity index (χ0n) is 10.3. The van der Waals surface area contributed by atoms with Gasteiger partial charge in [0.25, 0.3) is 0 Å². The Morgan fingerprint density at radius 3 is 2.81 bits per heavy atom. The van der Waals surface area contributed by atoms with Crippen molar-refractivity contribution in [3.63, 3.8) is 0 Å². The van der Waals surface area contributed by atoms with Crippen LogP contribution in [0.4, 0.5) is 0 Å². The molecule has 4 atom stereocenters. The smallest absolute Gasteiger partial charge is 0.167 e. The second kappa shape index (κ2) is 4.49. The van der Waals surface area contributed by atoms with Gasteiger partial charge in [-0.3, -0.25) is 0 Å². The minimum atomic E-state index is -0.0946. The van der Waals surface area contributed by atoms with Crippen LogP contribution in [0.2, 0.25) is 0 Å². The van der Waals surface area contributed by atoms with Gasteiger partial charge in [0.05, 0.1) is 12.1 Å². The molecular weight excluding hydrogens is 202 g/mol. The highest BCUT2D eigenvalue weighted by atomic mass is 15.6. The fraction of sp³-hybridized carbons (Fsp3) is 0.909. The zero-order chi connectivity index (χ0) is 11.7. The van der Waals surface area contributed by atoms with Crippen LogP contribution in [0.25, 0.3) is 0 Å². The third-order valence-electron chi connectivity index (χ3n) is 3.95. The first-order valence-electron chi connectivity index (χ1n) is 6.18. The molecular formula is C11H21N5. The molecule has 4 unspecified atom stereocenters. The molecule has 0 aliphatic heterocycles. The van der Waals surface area contributed by atoms with Crippen LogP contribution >= 0.6 is 0 Å². The van der Waals surface area contributed by atoms with Crippen molar-refractivity contribution in [2.75, 3.05) is 0 Å². The van der Waals surface area contributed by atoms with Crippen LogP contribution in [-0.4, -0.2) is 20.2 Å². The third kappa shape index (κ3) is 1.84. The molecule has 1 aromatic heterocycles. The quantitative estimate of drug-likeness (QED) is 0.846. The van der Waals surface area contributed by atoms with E-state index < -0.39 is 0 Å². The first-order valence-corrected chi connectivity index (χ1v) is 6.18. The third-order valence-corrected chi connectivity index (χ3v) is 3.95. The Kier molecular flexibility index (Phi) is 3.23. The van der Waals surface area contributed by atoms with Crippen molar-refractivity contribution in [2.24, 2.45) is 17.6 Å². The summed E-state index contributed by atoms with van der Waals surface area (Å²) in [6.07, 6.45) is 3.69. The van der Waals surface area contributed by atoms with E-state index in [1.807, 2.05) is 11.6 Å². The molecule has 1 fully saturated rings. The van der Waals surface area contributed by atoms with Gasteiger partial charge in [-0.05, 0) is 42.0 Å². The number of rotatable bonds is 3. The summed E-state index contributed by atoms with van der Waals surface area (Å²) in [5.41, 5.74) is 5.88. The summed E-state index contributed by atoms with van der Waals surface area (Å²) in [6.45, 7) is 6.49. The van der Waals surface area contributed by atoms with Gasteiger partial charge in [-0.25, -0.2) is 4.68 Å². The van der Waals surface area contributed by atoms with E-state index in [4.69, 9.17) is 5.73 Å². The lowest BCUT2D eigenvalue weighted by Crippen LogP contribution is -2.22. The molecule has 90 valence electrons. The largest absolute Gasteiger partial charge is 0.322 e. The van der Waals surface area contributed by atoms with Crippen LogP contribution in [0, 0.1) is 11.8 Å². The van der Waals surface area contributed by atoms with Crippen molar-refractivity contribution in [3.8, 4) is 0 Å². The van der Waals surface area contributed by atoms with Gasteiger partial charge in [0.2, 0.25) is 0 Å². The minimum Gasteiger partial charge on any atom is -0.322 e. The van der Waals surface area contributed by atoms with Gasteiger partial charge in [0.15, 0.2) is 5.82 Å². The predicted molar refractivity (Wildman–Crippen MR) is 61.6 cm³/mol. The van der Waals surface area contributed by atoms with E-state index in [2.05, 4.69) is 29.4 Å². The maximum absolute atomic E-state index is 5.88. The van der Waals surface area contributed by atoms with Crippen LogP contribution < -0.4 is 5.73 Å². The van der Waals surface area contributed by atoms with Crippen molar-refractivity contribution in [2.45, 2.75) is 52.1 Å². The highest BCUT2D eigenvalue weighted by Crippen LogP contribution is 2.41. The fourth-order valence-corrected chi connectivity index (χ4v) is 2.88. The Balaban J connectivity index is 2.22. The Morgan fingerprint density at radius 1 is 1.50 bits per heavy atom. The molecule has 1 aromatic rings. The molecule has 2 rings (SSSR count). The van der Waals surface area contributed by atoms with E-state index >= 15 is 0 Å². The number of nitrogens with two attached hydrogens (primary N) is 1. The summed E-state index contributed by atoms with van der Waals surface area (Å²) in [5.74, 6) is 2.26. The van der Waals surface area contributed by atoms with Crippen LogP contribution in [0.1, 0.15) is 57.9 Å². The number of hydrogen-bond donors (Lipinski definition) is 1.